The lowest BCUT2D eigenvalue weighted by atomic mass is 9.85. The molecule has 2 rings (SSSR count). The van der Waals surface area contributed by atoms with Gasteiger partial charge >= 0.3 is 0 Å². The van der Waals surface area contributed by atoms with Crippen LogP contribution in [-0.2, 0) is 9.59 Å². The summed E-state index contributed by atoms with van der Waals surface area (Å²) in [6.45, 7) is 4.79. The van der Waals surface area contributed by atoms with E-state index in [2.05, 4.69) is 24.5 Å². The molecular formula is C19H36ClN3O2. The maximum atomic E-state index is 12.4. The standard InChI is InChI=1S/C19H35N3O2.ClH/c1-13(2)11-17(12-20)22-19(24)15-7-9-16(10-8-15)21-18(23)14-5-3-4-6-14;/h13-17H,3-12,20H2,1-2H3,(H,21,23)(H,22,24);1H. The minimum absolute atomic E-state index is 0. The summed E-state index contributed by atoms with van der Waals surface area (Å²) in [6, 6.07) is 0.334. The fourth-order valence-electron chi connectivity index (χ4n) is 4.11. The number of hydrogen-bond donors (Lipinski definition) is 3. The number of nitrogens with one attached hydrogen (secondary N) is 2. The number of carbonyl (C=O) groups is 2. The second-order valence-electron chi connectivity index (χ2n) is 8.11. The van der Waals surface area contributed by atoms with E-state index in [4.69, 9.17) is 5.73 Å². The van der Waals surface area contributed by atoms with Crippen LogP contribution in [0.3, 0.4) is 0 Å². The van der Waals surface area contributed by atoms with Gasteiger partial charge in [0, 0.05) is 30.5 Å². The van der Waals surface area contributed by atoms with Crippen LogP contribution in [0.4, 0.5) is 0 Å². The zero-order valence-corrected chi connectivity index (χ0v) is 16.6. The molecule has 2 saturated carbocycles. The topological polar surface area (TPSA) is 84.2 Å². The molecule has 146 valence electrons. The number of halogens is 1. The third-order valence-electron chi connectivity index (χ3n) is 5.56. The average molecular weight is 374 g/mol. The van der Waals surface area contributed by atoms with Crippen LogP contribution >= 0.6 is 12.4 Å². The molecule has 4 N–H and O–H groups in total. The predicted molar refractivity (Wildman–Crippen MR) is 104 cm³/mol. The van der Waals surface area contributed by atoms with E-state index in [0.29, 0.717) is 12.5 Å². The van der Waals surface area contributed by atoms with E-state index < -0.39 is 0 Å². The Morgan fingerprint density at radius 2 is 1.52 bits per heavy atom. The molecule has 0 aromatic heterocycles. The molecule has 2 fully saturated rings. The van der Waals surface area contributed by atoms with Gasteiger partial charge in [-0.1, -0.05) is 26.7 Å². The molecule has 0 radical (unpaired) electrons. The van der Waals surface area contributed by atoms with Gasteiger partial charge in [-0.25, -0.2) is 0 Å². The second-order valence-corrected chi connectivity index (χ2v) is 8.11. The predicted octanol–water partition coefficient (Wildman–Crippen LogP) is 2.76. The highest BCUT2D eigenvalue weighted by atomic mass is 35.5. The fourth-order valence-corrected chi connectivity index (χ4v) is 4.11. The van der Waals surface area contributed by atoms with Crippen LogP contribution in [0.5, 0.6) is 0 Å². The summed E-state index contributed by atoms with van der Waals surface area (Å²) in [7, 11) is 0. The molecule has 1 unspecified atom stereocenters. The van der Waals surface area contributed by atoms with Crippen molar-refractivity contribution in [2.45, 2.75) is 83.7 Å². The van der Waals surface area contributed by atoms with E-state index >= 15 is 0 Å². The van der Waals surface area contributed by atoms with Crippen LogP contribution in [-0.4, -0.2) is 30.4 Å². The molecular weight excluding hydrogens is 338 g/mol. The molecule has 25 heavy (non-hydrogen) atoms. The summed E-state index contributed by atoms with van der Waals surface area (Å²) in [4.78, 5) is 24.6. The molecule has 1 atom stereocenters. The van der Waals surface area contributed by atoms with Gasteiger partial charge in [-0.2, -0.15) is 0 Å². The van der Waals surface area contributed by atoms with Crippen LogP contribution in [0.15, 0.2) is 0 Å². The van der Waals surface area contributed by atoms with E-state index in [1.165, 1.54) is 12.8 Å². The first-order valence-electron chi connectivity index (χ1n) is 9.80. The van der Waals surface area contributed by atoms with Crippen LogP contribution in [0, 0.1) is 17.8 Å². The smallest absolute Gasteiger partial charge is 0.223 e. The van der Waals surface area contributed by atoms with E-state index in [1.54, 1.807) is 0 Å². The van der Waals surface area contributed by atoms with Crippen LogP contribution in [0.1, 0.15) is 71.6 Å². The molecule has 0 saturated heterocycles. The Kier molecular flexibility index (Phi) is 9.80. The molecule has 0 spiro atoms. The lowest BCUT2D eigenvalue weighted by Crippen LogP contribution is -2.46. The van der Waals surface area contributed by atoms with E-state index in [-0.39, 0.29) is 48.1 Å². The Hall–Kier alpha value is -0.810. The summed E-state index contributed by atoms with van der Waals surface area (Å²) >= 11 is 0. The molecule has 6 heteroatoms. The summed E-state index contributed by atoms with van der Waals surface area (Å²) in [6.07, 6.45) is 8.92. The number of nitrogens with two attached hydrogens (primary N) is 1. The largest absolute Gasteiger partial charge is 0.353 e. The molecule has 0 bridgehead atoms. The van der Waals surface area contributed by atoms with Crippen molar-refractivity contribution in [3.05, 3.63) is 0 Å². The Morgan fingerprint density at radius 1 is 0.960 bits per heavy atom. The zero-order valence-electron chi connectivity index (χ0n) is 15.8. The normalized spacial score (nSPS) is 25.3. The molecule has 2 aliphatic rings. The Morgan fingerprint density at radius 3 is 2.04 bits per heavy atom. The maximum absolute atomic E-state index is 12.4. The van der Waals surface area contributed by atoms with E-state index in [9.17, 15) is 9.59 Å². The van der Waals surface area contributed by atoms with Crippen LogP contribution < -0.4 is 16.4 Å². The summed E-state index contributed by atoms with van der Waals surface area (Å²) < 4.78 is 0. The first-order valence-corrected chi connectivity index (χ1v) is 9.80. The maximum Gasteiger partial charge on any atom is 0.223 e. The highest BCUT2D eigenvalue weighted by molar-refractivity contribution is 5.85. The van der Waals surface area contributed by atoms with Gasteiger partial charge in [0.15, 0.2) is 0 Å². The quantitative estimate of drug-likeness (QED) is 0.641. The van der Waals surface area contributed by atoms with Gasteiger partial charge in [-0.3, -0.25) is 9.59 Å². The number of amides is 2. The molecule has 2 amide bonds. The Labute approximate surface area is 158 Å². The molecule has 0 heterocycles. The van der Waals surface area contributed by atoms with Crippen molar-refractivity contribution in [3.8, 4) is 0 Å². The van der Waals surface area contributed by atoms with Gasteiger partial charge in [0.05, 0.1) is 0 Å². The minimum Gasteiger partial charge on any atom is -0.353 e. The van der Waals surface area contributed by atoms with Crippen molar-refractivity contribution in [1.82, 2.24) is 10.6 Å². The van der Waals surface area contributed by atoms with Crippen LogP contribution in [0.25, 0.3) is 0 Å². The molecule has 0 aromatic carbocycles. The fraction of sp³-hybridized carbons (Fsp3) is 0.895. The number of carbonyl (C=O) groups excluding carboxylic acids is 2. The van der Waals surface area contributed by atoms with E-state index in [0.717, 1.165) is 44.9 Å². The third kappa shape index (κ3) is 7.14. The molecule has 0 aliphatic heterocycles. The Balaban J connectivity index is 0.00000312. The SMILES string of the molecule is CC(C)CC(CN)NC(=O)C1CCC(NC(=O)C2CCCC2)CC1.Cl. The minimum atomic E-state index is 0. The van der Waals surface area contributed by atoms with Crippen molar-refractivity contribution in [3.63, 3.8) is 0 Å². The summed E-state index contributed by atoms with van der Waals surface area (Å²) in [5, 5.41) is 6.32. The summed E-state index contributed by atoms with van der Waals surface area (Å²) in [5.74, 6) is 1.21. The highest BCUT2D eigenvalue weighted by Gasteiger charge is 2.30. The van der Waals surface area contributed by atoms with E-state index in [1.807, 2.05) is 0 Å². The van der Waals surface area contributed by atoms with Gasteiger partial charge in [-0.15, -0.1) is 12.4 Å². The van der Waals surface area contributed by atoms with Crippen LogP contribution in [0.2, 0.25) is 0 Å². The van der Waals surface area contributed by atoms with Crippen molar-refractivity contribution >= 4 is 24.2 Å². The van der Waals surface area contributed by atoms with Crippen molar-refractivity contribution in [2.24, 2.45) is 23.5 Å². The molecule has 5 nitrogen and oxygen atoms in total. The van der Waals surface area contributed by atoms with Crippen molar-refractivity contribution < 1.29 is 9.59 Å². The Bertz CT molecular complexity index is 417. The highest BCUT2D eigenvalue weighted by Crippen LogP contribution is 2.28. The molecule has 2 aliphatic carbocycles. The lowest BCUT2D eigenvalue weighted by Gasteiger charge is -2.30. The monoisotopic (exact) mass is 373 g/mol. The third-order valence-corrected chi connectivity index (χ3v) is 5.56. The average Bonchev–Trinajstić information content (AvgIpc) is 3.09. The first-order chi connectivity index (χ1) is 11.5. The van der Waals surface area contributed by atoms with Crippen molar-refractivity contribution in [2.75, 3.05) is 6.54 Å². The lowest BCUT2D eigenvalue weighted by molar-refractivity contribution is -0.127. The first kappa shape index (κ1) is 22.2. The molecule has 0 aromatic rings. The number of hydrogen-bond acceptors (Lipinski definition) is 3. The van der Waals surface area contributed by atoms with Gasteiger partial charge in [0.1, 0.15) is 0 Å². The van der Waals surface area contributed by atoms with Gasteiger partial charge in [0.2, 0.25) is 11.8 Å². The zero-order chi connectivity index (χ0) is 17.5. The van der Waals surface area contributed by atoms with Gasteiger partial charge in [-0.05, 0) is 50.9 Å². The summed E-state index contributed by atoms with van der Waals surface area (Å²) in [5.41, 5.74) is 5.77. The van der Waals surface area contributed by atoms with Gasteiger partial charge in [0.25, 0.3) is 0 Å². The second kappa shape index (κ2) is 11.0. The van der Waals surface area contributed by atoms with Gasteiger partial charge < -0.3 is 16.4 Å². The number of rotatable bonds is 7. The van der Waals surface area contributed by atoms with Crippen molar-refractivity contribution in [1.29, 1.82) is 0 Å².